The van der Waals surface area contributed by atoms with E-state index in [2.05, 4.69) is 16.9 Å². The Hall–Kier alpha value is -1.19. The molecule has 1 atom stereocenters. The third-order valence-corrected chi connectivity index (χ3v) is 3.23. The number of rotatable bonds is 5. The minimum Gasteiger partial charge on any atom is -0.387 e. The Kier molecular flexibility index (Phi) is 4.50. The smallest absolute Gasteiger partial charge is 0.153 e. The minimum absolute atomic E-state index is 0.303. The number of hydrogen-bond acceptors (Lipinski definition) is 3. The van der Waals surface area contributed by atoms with Crippen molar-refractivity contribution in [2.24, 2.45) is 0 Å². The van der Waals surface area contributed by atoms with E-state index in [9.17, 15) is 5.11 Å². The summed E-state index contributed by atoms with van der Waals surface area (Å²) in [6, 6.07) is 7.53. The van der Waals surface area contributed by atoms with Gasteiger partial charge in [-0.2, -0.15) is 0 Å². The highest BCUT2D eigenvalue weighted by Gasteiger charge is 2.15. The van der Waals surface area contributed by atoms with Crippen LogP contribution in [0, 0.1) is 0 Å². The highest BCUT2D eigenvalue weighted by atomic mass is 35.5. The summed E-state index contributed by atoms with van der Waals surface area (Å²) in [6.45, 7) is 2.13. The quantitative estimate of drug-likeness (QED) is 0.833. The number of aromatic nitrogens is 2. The van der Waals surface area contributed by atoms with Crippen molar-refractivity contribution in [1.82, 2.24) is 9.97 Å². The molecule has 3 nitrogen and oxygen atoms in total. The topological polar surface area (TPSA) is 46.0 Å². The Labute approximate surface area is 112 Å². The summed E-state index contributed by atoms with van der Waals surface area (Å²) in [4.78, 5) is 8.68. The second-order valence-electron chi connectivity index (χ2n) is 4.40. The van der Waals surface area contributed by atoms with E-state index in [4.69, 9.17) is 11.6 Å². The highest BCUT2D eigenvalue weighted by Crippen LogP contribution is 2.25. The molecule has 1 heterocycles. The summed E-state index contributed by atoms with van der Waals surface area (Å²) in [5, 5.41) is 10.4. The number of fused-ring (bicyclic) bond motifs is 1. The van der Waals surface area contributed by atoms with E-state index in [1.165, 1.54) is 0 Å². The van der Waals surface area contributed by atoms with Crippen LogP contribution in [0.25, 0.3) is 11.0 Å². The van der Waals surface area contributed by atoms with E-state index in [0.717, 1.165) is 30.3 Å². The molecule has 0 fully saturated rings. The van der Waals surface area contributed by atoms with Crippen LogP contribution >= 0.6 is 11.6 Å². The first-order valence-corrected chi connectivity index (χ1v) is 6.70. The molecule has 2 aromatic rings. The number of halogens is 1. The molecule has 0 radical (unpaired) electrons. The van der Waals surface area contributed by atoms with E-state index >= 15 is 0 Å². The van der Waals surface area contributed by atoms with E-state index in [1.54, 1.807) is 0 Å². The number of nitrogens with zero attached hydrogens (tertiary/aromatic N) is 2. The van der Waals surface area contributed by atoms with Gasteiger partial charge in [-0.1, -0.05) is 49.9 Å². The maximum Gasteiger partial charge on any atom is 0.153 e. The first-order chi connectivity index (χ1) is 8.72. The predicted octanol–water partition coefficient (Wildman–Crippen LogP) is 3.90. The van der Waals surface area contributed by atoms with Crippen LogP contribution in [0.1, 0.15) is 44.4 Å². The third-order valence-electron chi connectivity index (χ3n) is 2.95. The zero-order valence-corrected chi connectivity index (χ0v) is 11.2. The van der Waals surface area contributed by atoms with Gasteiger partial charge in [0.1, 0.15) is 5.69 Å². The van der Waals surface area contributed by atoms with Crippen molar-refractivity contribution >= 4 is 22.6 Å². The average molecular weight is 265 g/mol. The monoisotopic (exact) mass is 264 g/mol. The van der Waals surface area contributed by atoms with Gasteiger partial charge in [0.2, 0.25) is 0 Å². The molecule has 0 aliphatic rings. The molecule has 0 spiro atoms. The lowest BCUT2D eigenvalue weighted by molar-refractivity contribution is 0.159. The molecule has 96 valence electrons. The van der Waals surface area contributed by atoms with Crippen molar-refractivity contribution in [2.45, 2.75) is 38.7 Å². The Balaban J connectivity index is 2.24. The lowest BCUT2D eigenvalue weighted by atomic mass is 10.1. The Morgan fingerprint density at radius 2 is 1.83 bits per heavy atom. The van der Waals surface area contributed by atoms with Crippen LogP contribution < -0.4 is 0 Å². The fourth-order valence-corrected chi connectivity index (χ4v) is 2.19. The molecule has 1 aromatic carbocycles. The van der Waals surface area contributed by atoms with Gasteiger partial charge in [0.25, 0.3) is 0 Å². The van der Waals surface area contributed by atoms with Crippen molar-refractivity contribution in [2.75, 3.05) is 0 Å². The molecule has 0 aliphatic heterocycles. The maximum absolute atomic E-state index is 10.1. The molecule has 0 saturated heterocycles. The Morgan fingerprint density at radius 1 is 1.17 bits per heavy atom. The first kappa shape index (κ1) is 13.2. The molecular formula is C14H17ClN2O. The highest BCUT2D eigenvalue weighted by molar-refractivity contribution is 6.30. The fraction of sp³-hybridized carbons (Fsp3) is 0.429. The lowest BCUT2D eigenvalue weighted by Crippen LogP contribution is -2.03. The van der Waals surface area contributed by atoms with Gasteiger partial charge in [-0.3, -0.25) is 0 Å². The van der Waals surface area contributed by atoms with Crippen molar-refractivity contribution < 1.29 is 5.11 Å². The van der Waals surface area contributed by atoms with E-state index in [-0.39, 0.29) is 0 Å². The van der Waals surface area contributed by atoms with Crippen molar-refractivity contribution in [1.29, 1.82) is 0 Å². The number of aliphatic hydroxyl groups excluding tert-OH is 1. The van der Waals surface area contributed by atoms with Crippen LogP contribution in [-0.2, 0) is 0 Å². The SMILES string of the molecule is CCCCC[C@@H](O)c1nc2ccccc2nc1Cl. The summed E-state index contributed by atoms with van der Waals surface area (Å²) >= 11 is 6.08. The van der Waals surface area contributed by atoms with Gasteiger partial charge in [-0.05, 0) is 18.6 Å². The fourth-order valence-electron chi connectivity index (χ4n) is 1.93. The van der Waals surface area contributed by atoms with Gasteiger partial charge in [-0.25, -0.2) is 9.97 Å². The summed E-state index contributed by atoms with van der Waals surface area (Å²) < 4.78 is 0. The molecule has 2 rings (SSSR count). The second kappa shape index (κ2) is 6.12. The molecule has 0 aliphatic carbocycles. The number of aliphatic hydroxyl groups is 1. The molecule has 0 bridgehead atoms. The van der Waals surface area contributed by atoms with E-state index < -0.39 is 6.10 Å². The van der Waals surface area contributed by atoms with Gasteiger partial charge in [-0.15, -0.1) is 0 Å². The number of benzene rings is 1. The van der Waals surface area contributed by atoms with Crippen LogP contribution in [0.5, 0.6) is 0 Å². The van der Waals surface area contributed by atoms with Gasteiger partial charge in [0.05, 0.1) is 17.1 Å². The normalized spacial score (nSPS) is 12.8. The van der Waals surface area contributed by atoms with Gasteiger partial charge < -0.3 is 5.11 Å². The number of hydrogen-bond donors (Lipinski definition) is 1. The number of para-hydroxylation sites is 2. The molecule has 4 heteroatoms. The molecule has 0 unspecified atom stereocenters. The standard InChI is InChI=1S/C14H17ClN2O/c1-2-3-4-9-12(18)13-14(15)17-11-8-6-5-7-10(11)16-13/h5-8,12,18H,2-4,9H2,1H3/t12-/m1/s1. The van der Waals surface area contributed by atoms with Crippen LogP contribution in [0.4, 0.5) is 0 Å². The van der Waals surface area contributed by atoms with E-state index in [0.29, 0.717) is 17.3 Å². The van der Waals surface area contributed by atoms with Crippen molar-refractivity contribution in [3.8, 4) is 0 Å². The maximum atomic E-state index is 10.1. The number of unbranched alkanes of at least 4 members (excludes halogenated alkanes) is 2. The second-order valence-corrected chi connectivity index (χ2v) is 4.76. The molecule has 18 heavy (non-hydrogen) atoms. The predicted molar refractivity (Wildman–Crippen MR) is 73.6 cm³/mol. The summed E-state index contributed by atoms with van der Waals surface area (Å²) in [5.74, 6) is 0. The van der Waals surface area contributed by atoms with Gasteiger partial charge >= 0.3 is 0 Å². The minimum atomic E-state index is -0.624. The molecule has 1 N–H and O–H groups in total. The molecule has 1 aromatic heterocycles. The van der Waals surface area contributed by atoms with E-state index in [1.807, 2.05) is 24.3 Å². The van der Waals surface area contributed by atoms with Crippen LogP contribution in [0.2, 0.25) is 5.15 Å². The van der Waals surface area contributed by atoms with Crippen LogP contribution in [0.3, 0.4) is 0 Å². The van der Waals surface area contributed by atoms with Crippen LogP contribution in [0.15, 0.2) is 24.3 Å². The average Bonchev–Trinajstić information content (AvgIpc) is 2.38. The summed E-state index contributed by atoms with van der Waals surface area (Å²) in [7, 11) is 0. The first-order valence-electron chi connectivity index (χ1n) is 6.32. The zero-order chi connectivity index (χ0) is 13.0. The third kappa shape index (κ3) is 2.98. The lowest BCUT2D eigenvalue weighted by Gasteiger charge is -2.11. The zero-order valence-electron chi connectivity index (χ0n) is 10.4. The Bertz CT molecular complexity index is 530. The van der Waals surface area contributed by atoms with Crippen molar-refractivity contribution in [3.05, 3.63) is 35.1 Å². The summed E-state index contributed by atoms with van der Waals surface area (Å²) in [6.07, 6.45) is 3.27. The molecular weight excluding hydrogens is 248 g/mol. The van der Waals surface area contributed by atoms with Gasteiger partial charge in [0, 0.05) is 0 Å². The van der Waals surface area contributed by atoms with Crippen molar-refractivity contribution in [3.63, 3.8) is 0 Å². The van der Waals surface area contributed by atoms with Gasteiger partial charge in [0.15, 0.2) is 5.15 Å². The Morgan fingerprint density at radius 3 is 2.50 bits per heavy atom. The largest absolute Gasteiger partial charge is 0.387 e. The van der Waals surface area contributed by atoms with Crippen LogP contribution in [-0.4, -0.2) is 15.1 Å². The molecule has 0 saturated carbocycles. The molecule has 0 amide bonds. The summed E-state index contributed by atoms with van der Waals surface area (Å²) in [5.41, 5.74) is 2.02.